The van der Waals surface area contributed by atoms with Gasteiger partial charge in [0.05, 0.1) is 10.9 Å². The molecule has 2 aromatic heterocycles. The molecule has 8 heteroatoms. The van der Waals surface area contributed by atoms with Crippen LogP contribution in [-0.2, 0) is 0 Å². The van der Waals surface area contributed by atoms with E-state index >= 15 is 4.39 Å². The van der Waals surface area contributed by atoms with Gasteiger partial charge in [0.25, 0.3) is 0 Å². The van der Waals surface area contributed by atoms with Gasteiger partial charge in [-0.3, -0.25) is 4.98 Å². The van der Waals surface area contributed by atoms with Gasteiger partial charge in [-0.15, -0.1) is 0 Å². The molecule has 2 bridgehead atoms. The number of fused-ring (bicyclic) bond motifs is 4. The van der Waals surface area contributed by atoms with Gasteiger partial charge in [-0.25, -0.2) is 9.18 Å². The fourth-order valence-corrected chi connectivity index (χ4v) is 5.43. The first kappa shape index (κ1) is 19.2. The predicted octanol–water partition coefficient (Wildman–Crippen LogP) is 3.16. The van der Waals surface area contributed by atoms with Crippen molar-refractivity contribution < 1.29 is 9.50 Å². The largest absolute Gasteiger partial charge is 0.508 e. The van der Waals surface area contributed by atoms with Crippen LogP contribution in [-0.4, -0.2) is 39.2 Å². The van der Waals surface area contributed by atoms with E-state index in [1.807, 2.05) is 29.2 Å². The number of hydrogen-bond donors (Lipinski definition) is 3. The Bertz CT molecular complexity index is 1420. The summed E-state index contributed by atoms with van der Waals surface area (Å²) in [5.74, 6) is 0.521. The molecule has 162 valence electrons. The number of pyridine rings is 1. The average Bonchev–Trinajstić information content (AvgIpc) is 2.98. The molecule has 4 aromatic rings. The number of nitrogens with one attached hydrogen (secondary N) is 1. The van der Waals surface area contributed by atoms with Crippen LogP contribution in [0.25, 0.3) is 32.9 Å². The molecule has 0 spiro atoms. The summed E-state index contributed by atoms with van der Waals surface area (Å²) in [6.45, 7) is 1.40. The van der Waals surface area contributed by atoms with Gasteiger partial charge in [0.15, 0.2) is 5.82 Å². The fourth-order valence-electron chi connectivity index (χ4n) is 5.43. The molecule has 4 N–H and O–H groups in total. The SMILES string of the molecule is NC1[C@@H]2CC[C@@H]1CN(c1nc(=O)[nH]c3c(F)c(-c4cc(O)cc5ccccc45)ncc13)C2. The van der Waals surface area contributed by atoms with Crippen LogP contribution < -0.4 is 16.3 Å². The van der Waals surface area contributed by atoms with Crippen molar-refractivity contribution in [2.75, 3.05) is 18.0 Å². The Labute approximate surface area is 182 Å². The molecule has 2 atom stereocenters. The number of piperidine rings is 1. The summed E-state index contributed by atoms with van der Waals surface area (Å²) in [6.07, 6.45) is 3.68. The third-order valence-corrected chi connectivity index (χ3v) is 7.01. The number of phenols is 1. The lowest BCUT2D eigenvalue weighted by Gasteiger charge is -2.37. The van der Waals surface area contributed by atoms with Gasteiger partial charge < -0.3 is 20.7 Å². The number of aromatic amines is 1. The Morgan fingerprint density at radius 3 is 2.66 bits per heavy atom. The first-order valence-corrected chi connectivity index (χ1v) is 10.8. The Morgan fingerprint density at radius 2 is 1.88 bits per heavy atom. The van der Waals surface area contributed by atoms with E-state index in [-0.39, 0.29) is 23.0 Å². The van der Waals surface area contributed by atoms with Crippen LogP contribution in [0.15, 0.2) is 47.4 Å². The lowest BCUT2D eigenvalue weighted by molar-refractivity contribution is 0.355. The molecule has 1 saturated heterocycles. The maximum atomic E-state index is 15.8. The Hall–Kier alpha value is -3.52. The average molecular weight is 431 g/mol. The number of H-pyrrole nitrogens is 1. The first-order valence-electron chi connectivity index (χ1n) is 10.8. The van der Waals surface area contributed by atoms with Gasteiger partial charge >= 0.3 is 5.69 Å². The summed E-state index contributed by atoms with van der Waals surface area (Å²) < 4.78 is 15.8. The van der Waals surface area contributed by atoms with Crippen LogP contribution in [0.2, 0.25) is 0 Å². The molecule has 7 nitrogen and oxygen atoms in total. The predicted molar refractivity (Wildman–Crippen MR) is 121 cm³/mol. The van der Waals surface area contributed by atoms with E-state index in [1.165, 1.54) is 6.07 Å². The normalized spacial score (nSPS) is 22.7. The van der Waals surface area contributed by atoms with Crippen molar-refractivity contribution >= 4 is 27.5 Å². The van der Waals surface area contributed by atoms with Gasteiger partial charge in [0, 0.05) is 30.9 Å². The second-order valence-electron chi connectivity index (χ2n) is 8.87. The summed E-state index contributed by atoms with van der Waals surface area (Å²) in [6, 6.07) is 10.7. The zero-order valence-corrected chi connectivity index (χ0v) is 17.3. The topological polar surface area (TPSA) is 108 Å². The maximum Gasteiger partial charge on any atom is 0.347 e. The standard InChI is InChI=1S/C24H22FN5O2/c25-19-21(17-8-15(31)7-12-3-1-2-4-16(12)17)27-9-18-22(19)28-24(32)29-23(18)30-10-13-5-6-14(11-30)20(13)26/h1-4,7-9,13-14,20,31H,5-6,10-11,26H2,(H,28,29,32)/t13-,14-/m1/s1. The number of anilines is 1. The van der Waals surface area contributed by atoms with Crippen LogP contribution in [0.5, 0.6) is 5.75 Å². The molecule has 6 rings (SSSR count). The number of aromatic nitrogens is 3. The number of hydrogen-bond acceptors (Lipinski definition) is 6. The monoisotopic (exact) mass is 431 g/mol. The molecule has 3 heterocycles. The van der Waals surface area contributed by atoms with E-state index in [9.17, 15) is 9.90 Å². The second kappa shape index (κ2) is 7.00. The molecule has 1 saturated carbocycles. The molecule has 1 aliphatic heterocycles. The van der Waals surface area contributed by atoms with Crippen molar-refractivity contribution in [2.45, 2.75) is 18.9 Å². The molecule has 0 radical (unpaired) electrons. The zero-order valence-electron chi connectivity index (χ0n) is 17.3. The van der Waals surface area contributed by atoms with E-state index in [1.54, 1.807) is 12.3 Å². The lowest BCUT2D eigenvalue weighted by atomic mass is 9.93. The van der Waals surface area contributed by atoms with Gasteiger partial charge in [0.1, 0.15) is 17.3 Å². The molecule has 2 aliphatic rings. The number of rotatable bonds is 2. The Kier molecular flexibility index (Phi) is 4.19. The van der Waals surface area contributed by atoms with Crippen LogP contribution in [0.3, 0.4) is 0 Å². The van der Waals surface area contributed by atoms with Crippen molar-refractivity contribution in [1.29, 1.82) is 0 Å². The van der Waals surface area contributed by atoms with E-state index in [4.69, 9.17) is 5.73 Å². The summed E-state index contributed by atoms with van der Waals surface area (Å²) >= 11 is 0. The van der Waals surface area contributed by atoms with Crippen molar-refractivity contribution in [2.24, 2.45) is 17.6 Å². The molecule has 2 aromatic carbocycles. The number of halogens is 1. The van der Waals surface area contributed by atoms with Crippen molar-refractivity contribution in [1.82, 2.24) is 15.0 Å². The Balaban J connectivity index is 1.53. The molecular weight excluding hydrogens is 409 g/mol. The van der Waals surface area contributed by atoms with Gasteiger partial charge in [0.2, 0.25) is 0 Å². The number of benzene rings is 2. The smallest absolute Gasteiger partial charge is 0.347 e. The summed E-state index contributed by atoms with van der Waals surface area (Å²) in [5.41, 5.74) is 6.32. The van der Waals surface area contributed by atoms with Crippen LogP contribution in [0, 0.1) is 17.7 Å². The van der Waals surface area contributed by atoms with Gasteiger partial charge in [-0.2, -0.15) is 4.98 Å². The minimum absolute atomic E-state index is 0.0176. The van der Waals surface area contributed by atoms with Gasteiger partial charge in [-0.05, 0) is 47.6 Å². The number of nitrogens with zero attached hydrogens (tertiary/aromatic N) is 3. The highest BCUT2D eigenvalue weighted by atomic mass is 19.1. The number of aromatic hydroxyl groups is 1. The van der Waals surface area contributed by atoms with Crippen LogP contribution >= 0.6 is 0 Å². The highest BCUT2D eigenvalue weighted by Gasteiger charge is 2.40. The molecular formula is C24H22FN5O2. The fraction of sp³-hybridized carbons (Fsp3) is 0.292. The van der Waals surface area contributed by atoms with Crippen molar-refractivity contribution in [3.05, 3.63) is 58.9 Å². The van der Waals surface area contributed by atoms with E-state index in [0.29, 0.717) is 41.7 Å². The summed E-state index contributed by atoms with van der Waals surface area (Å²) in [7, 11) is 0. The first-order chi connectivity index (χ1) is 15.5. The minimum Gasteiger partial charge on any atom is -0.508 e. The van der Waals surface area contributed by atoms with Crippen LogP contribution in [0.1, 0.15) is 12.8 Å². The highest BCUT2D eigenvalue weighted by molar-refractivity contribution is 5.99. The molecule has 32 heavy (non-hydrogen) atoms. The third kappa shape index (κ3) is 2.86. The van der Waals surface area contributed by atoms with Crippen molar-refractivity contribution in [3.63, 3.8) is 0 Å². The molecule has 2 fully saturated rings. The Morgan fingerprint density at radius 1 is 1.12 bits per heavy atom. The maximum absolute atomic E-state index is 15.8. The van der Waals surface area contributed by atoms with Gasteiger partial charge in [-0.1, -0.05) is 24.3 Å². The third-order valence-electron chi connectivity index (χ3n) is 7.01. The number of phenolic OH excluding ortho intramolecular Hbond substituents is 1. The molecule has 0 unspecified atom stereocenters. The summed E-state index contributed by atoms with van der Waals surface area (Å²) in [5, 5.41) is 12.2. The van der Waals surface area contributed by atoms with E-state index in [2.05, 4.69) is 15.0 Å². The summed E-state index contributed by atoms with van der Waals surface area (Å²) in [4.78, 5) is 25.6. The molecule has 0 amide bonds. The quantitative estimate of drug-likeness (QED) is 0.450. The number of nitrogens with two attached hydrogens (primary N) is 1. The van der Waals surface area contributed by atoms with E-state index in [0.717, 1.165) is 23.6 Å². The van der Waals surface area contributed by atoms with Crippen molar-refractivity contribution in [3.8, 4) is 17.0 Å². The zero-order chi connectivity index (χ0) is 22.0. The lowest BCUT2D eigenvalue weighted by Crippen LogP contribution is -2.49. The van der Waals surface area contributed by atoms with E-state index < -0.39 is 11.5 Å². The second-order valence-corrected chi connectivity index (χ2v) is 8.87. The minimum atomic E-state index is -0.643. The van der Waals surface area contributed by atoms with Crippen LogP contribution in [0.4, 0.5) is 10.2 Å². The molecule has 1 aliphatic carbocycles. The highest BCUT2D eigenvalue weighted by Crippen LogP contribution is 2.39.